The first-order chi connectivity index (χ1) is 6.86. The predicted octanol–water partition coefficient (Wildman–Crippen LogP) is 0.315. The van der Waals surface area contributed by atoms with Gasteiger partial charge in [-0.25, -0.2) is 0 Å². The van der Waals surface area contributed by atoms with Gasteiger partial charge >= 0.3 is 0 Å². The third-order valence-electron chi connectivity index (χ3n) is 2.47. The van der Waals surface area contributed by atoms with Crippen molar-refractivity contribution in [2.75, 3.05) is 26.4 Å². The highest BCUT2D eigenvalue weighted by molar-refractivity contribution is 4.73. The second kappa shape index (κ2) is 7.17. The molecule has 4 heteroatoms. The lowest BCUT2D eigenvalue weighted by molar-refractivity contribution is -0.0570. The molecule has 2 N–H and O–H groups in total. The van der Waals surface area contributed by atoms with E-state index in [1.54, 1.807) is 0 Å². The van der Waals surface area contributed by atoms with Crippen molar-refractivity contribution in [3.8, 4) is 0 Å². The number of aliphatic hydroxyl groups excluding tert-OH is 2. The molecule has 0 aromatic carbocycles. The molecular weight excluding hydrogens is 184 g/mol. The molecule has 0 spiro atoms. The molecule has 84 valence electrons. The van der Waals surface area contributed by atoms with Gasteiger partial charge in [-0.1, -0.05) is 0 Å². The Bertz CT molecular complexity index is 126. The molecule has 0 saturated heterocycles. The summed E-state index contributed by atoms with van der Waals surface area (Å²) >= 11 is 0. The second-order valence-electron chi connectivity index (χ2n) is 3.60. The van der Waals surface area contributed by atoms with Crippen molar-refractivity contribution in [2.45, 2.75) is 37.9 Å². The lowest BCUT2D eigenvalue weighted by Gasteiger charge is -2.28. The van der Waals surface area contributed by atoms with Gasteiger partial charge in [-0.2, -0.15) is 0 Å². The van der Waals surface area contributed by atoms with Crippen LogP contribution < -0.4 is 0 Å². The lowest BCUT2D eigenvalue weighted by atomic mass is 9.95. The topological polar surface area (TPSA) is 58.9 Å². The van der Waals surface area contributed by atoms with E-state index in [9.17, 15) is 0 Å². The number of hydrogen-bond donors (Lipinski definition) is 2. The Kier molecular flexibility index (Phi) is 6.10. The highest BCUT2D eigenvalue weighted by Crippen LogP contribution is 2.23. The van der Waals surface area contributed by atoms with E-state index in [1.807, 2.05) is 0 Å². The van der Waals surface area contributed by atoms with Crippen molar-refractivity contribution in [1.29, 1.82) is 0 Å². The van der Waals surface area contributed by atoms with Crippen molar-refractivity contribution in [3.05, 3.63) is 0 Å². The smallest absolute Gasteiger partial charge is 0.0701 e. The first kappa shape index (κ1) is 11.9. The van der Waals surface area contributed by atoms with Crippen LogP contribution in [0.2, 0.25) is 0 Å². The Morgan fingerprint density at radius 3 is 1.86 bits per heavy atom. The van der Waals surface area contributed by atoms with Crippen LogP contribution in [0.5, 0.6) is 0 Å². The molecule has 2 unspecified atom stereocenters. The van der Waals surface area contributed by atoms with Gasteiger partial charge in [0.15, 0.2) is 0 Å². The fourth-order valence-corrected chi connectivity index (χ4v) is 1.84. The fourth-order valence-electron chi connectivity index (χ4n) is 1.84. The number of hydrogen-bond acceptors (Lipinski definition) is 4. The van der Waals surface area contributed by atoms with Gasteiger partial charge in [-0.3, -0.25) is 0 Å². The Balaban J connectivity index is 2.14. The summed E-state index contributed by atoms with van der Waals surface area (Å²) in [7, 11) is 0. The minimum absolute atomic E-state index is 0.0820. The number of ether oxygens (including phenoxy) is 2. The zero-order chi connectivity index (χ0) is 10.2. The van der Waals surface area contributed by atoms with Gasteiger partial charge in [-0.15, -0.1) is 0 Å². The Morgan fingerprint density at radius 1 is 0.929 bits per heavy atom. The summed E-state index contributed by atoms with van der Waals surface area (Å²) in [6, 6.07) is 0. The van der Waals surface area contributed by atoms with Crippen LogP contribution in [0.25, 0.3) is 0 Å². The van der Waals surface area contributed by atoms with Crippen LogP contribution in [-0.2, 0) is 9.47 Å². The van der Waals surface area contributed by atoms with E-state index in [2.05, 4.69) is 0 Å². The first-order valence-electron chi connectivity index (χ1n) is 5.31. The van der Waals surface area contributed by atoms with Gasteiger partial charge < -0.3 is 19.7 Å². The van der Waals surface area contributed by atoms with E-state index in [0.29, 0.717) is 13.2 Å². The zero-order valence-corrected chi connectivity index (χ0v) is 8.52. The monoisotopic (exact) mass is 204 g/mol. The third-order valence-corrected chi connectivity index (χ3v) is 2.47. The molecule has 0 bridgehead atoms. The van der Waals surface area contributed by atoms with Crippen LogP contribution in [-0.4, -0.2) is 48.8 Å². The van der Waals surface area contributed by atoms with E-state index in [1.165, 1.54) is 0 Å². The van der Waals surface area contributed by atoms with Crippen LogP contribution >= 0.6 is 0 Å². The van der Waals surface area contributed by atoms with Crippen molar-refractivity contribution in [2.24, 2.45) is 0 Å². The summed E-state index contributed by atoms with van der Waals surface area (Å²) in [5.41, 5.74) is 0. The molecular formula is C10H20O4. The van der Waals surface area contributed by atoms with E-state index in [0.717, 1.165) is 25.7 Å². The predicted molar refractivity (Wildman–Crippen MR) is 52.1 cm³/mol. The minimum Gasteiger partial charge on any atom is -0.394 e. The van der Waals surface area contributed by atoms with Crippen LogP contribution in [0.15, 0.2) is 0 Å². The average molecular weight is 204 g/mol. The maximum Gasteiger partial charge on any atom is 0.0701 e. The molecule has 0 amide bonds. The number of rotatable bonds is 6. The summed E-state index contributed by atoms with van der Waals surface area (Å²) in [4.78, 5) is 0. The van der Waals surface area contributed by atoms with Crippen LogP contribution in [0, 0.1) is 0 Å². The summed E-state index contributed by atoms with van der Waals surface area (Å²) < 4.78 is 10.9. The molecule has 0 radical (unpaired) electrons. The Labute approximate surface area is 84.8 Å². The fraction of sp³-hybridized carbons (Fsp3) is 1.00. The van der Waals surface area contributed by atoms with Crippen molar-refractivity contribution in [1.82, 2.24) is 0 Å². The van der Waals surface area contributed by atoms with E-state index in [4.69, 9.17) is 19.7 Å². The van der Waals surface area contributed by atoms with Crippen molar-refractivity contribution in [3.63, 3.8) is 0 Å². The molecule has 1 saturated carbocycles. The molecule has 1 rings (SSSR count). The standard InChI is InChI=1S/C10H20O4/c11-4-6-13-9-2-1-3-10(8-9)14-7-5-12/h9-12H,1-8H2. The summed E-state index contributed by atoms with van der Waals surface area (Å²) in [6.45, 7) is 0.992. The average Bonchev–Trinajstić information content (AvgIpc) is 2.24. The third kappa shape index (κ3) is 4.37. The van der Waals surface area contributed by atoms with Crippen LogP contribution in [0.4, 0.5) is 0 Å². The molecule has 0 heterocycles. The number of aliphatic hydroxyl groups is 2. The molecule has 2 atom stereocenters. The van der Waals surface area contributed by atoms with E-state index in [-0.39, 0.29) is 25.4 Å². The zero-order valence-electron chi connectivity index (χ0n) is 8.52. The Morgan fingerprint density at radius 2 is 1.43 bits per heavy atom. The van der Waals surface area contributed by atoms with Gasteiger partial charge in [0.25, 0.3) is 0 Å². The molecule has 1 aliphatic rings. The van der Waals surface area contributed by atoms with Gasteiger partial charge in [-0.05, 0) is 25.7 Å². The highest BCUT2D eigenvalue weighted by atomic mass is 16.5. The Hall–Kier alpha value is -0.160. The van der Waals surface area contributed by atoms with Crippen molar-refractivity contribution >= 4 is 0 Å². The van der Waals surface area contributed by atoms with Gasteiger partial charge in [0, 0.05) is 0 Å². The van der Waals surface area contributed by atoms with E-state index < -0.39 is 0 Å². The molecule has 1 fully saturated rings. The summed E-state index contributed by atoms with van der Waals surface area (Å²) in [6.07, 6.45) is 4.55. The van der Waals surface area contributed by atoms with E-state index >= 15 is 0 Å². The van der Waals surface area contributed by atoms with Crippen LogP contribution in [0.1, 0.15) is 25.7 Å². The molecule has 14 heavy (non-hydrogen) atoms. The van der Waals surface area contributed by atoms with Gasteiger partial charge in [0.1, 0.15) is 0 Å². The summed E-state index contributed by atoms with van der Waals surface area (Å²) in [5.74, 6) is 0. The molecule has 0 aromatic rings. The summed E-state index contributed by atoms with van der Waals surface area (Å²) in [5, 5.41) is 17.2. The normalized spacial score (nSPS) is 27.9. The molecule has 4 nitrogen and oxygen atoms in total. The maximum absolute atomic E-state index is 8.61. The first-order valence-corrected chi connectivity index (χ1v) is 5.31. The molecule has 0 aromatic heterocycles. The second-order valence-corrected chi connectivity index (χ2v) is 3.60. The van der Waals surface area contributed by atoms with Gasteiger partial charge in [0.05, 0.1) is 38.6 Å². The lowest BCUT2D eigenvalue weighted by Crippen LogP contribution is -2.29. The van der Waals surface area contributed by atoms with Crippen molar-refractivity contribution < 1.29 is 19.7 Å². The molecule has 0 aliphatic heterocycles. The minimum atomic E-state index is 0.0820. The molecule has 1 aliphatic carbocycles. The largest absolute Gasteiger partial charge is 0.394 e. The van der Waals surface area contributed by atoms with Gasteiger partial charge in [0.2, 0.25) is 0 Å². The maximum atomic E-state index is 8.61. The highest BCUT2D eigenvalue weighted by Gasteiger charge is 2.22. The quantitative estimate of drug-likeness (QED) is 0.654. The SMILES string of the molecule is OCCOC1CCCC(OCCO)C1. The van der Waals surface area contributed by atoms with Crippen LogP contribution in [0.3, 0.4) is 0 Å².